The van der Waals surface area contributed by atoms with Crippen molar-refractivity contribution in [1.29, 1.82) is 0 Å². The van der Waals surface area contributed by atoms with Crippen molar-refractivity contribution in [2.45, 2.75) is 19.3 Å². The van der Waals surface area contributed by atoms with Gasteiger partial charge in [-0.1, -0.05) is 23.2 Å². The first-order valence-electron chi connectivity index (χ1n) is 5.28. The van der Waals surface area contributed by atoms with Crippen molar-refractivity contribution in [3.8, 4) is 5.75 Å². The van der Waals surface area contributed by atoms with Crippen LogP contribution in [0.2, 0.25) is 10.0 Å². The smallest absolute Gasteiger partial charge is 0.305 e. The van der Waals surface area contributed by atoms with Gasteiger partial charge in [0.05, 0.1) is 18.7 Å². The minimum absolute atomic E-state index is 0.200. The van der Waals surface area contributed by atoms with Crippen LogP contribution >= 0.6 is 23.2 Å². The minimum atomic E-state index is -0.200. The number of methoxy groups -OCH3 is 1. The SMILES string of the molecule is COC(=O)CCCCOc1ccc(Cl)cc1Cl. The second-order valence-electron chi connectivity index (χ2n) is 3.46. The van der Waals surface area contributed by atoms with Gasteiger partial charge in [-0.05, 0) is 31.0 Å². The number of benzene rings is 1. The molecule has 0 aliphatic carbocycles. The third-order valence-electron chi connectivity index (χ3n) is 2.15. The van der Waals surface area contributed by atoms with Gasteiger partial charge < -0.3 is 9.47 Å². The van der Waals surface area contributed by atoms with Crippen LogP contribution in [0.15, 0.2) is 18.2 Å². The van der Waals surface area contributed by atoms with Crippen molar-refractivity contribution < 1.29 is 14.3 Å². The van der Waals surface area contributed by atoms with Crippen LogP contribution in [0.1, 0.15) is 19.3 Å². The fourth-order valence-electron chi connectivity index (χ4n) is 1.25. The molecule has 1 aromatic carbocycles. The van der Waals surface area contributed by atoms with E-state index in [0.29, 0.717) is 28.8 Å². The van der Waals surface area contributed by atoms with E-state index in [9.17, 15) is 4.79 Å². The molecule has 0 saturated carbocycles. The lowest BCUT2D eigenvalue weighted by molar-refractivity contribution is -0.140. The summed E-state index contributed by atoms with van der Waals surface area (Å²) in [6.07, 6.45) is 1.92. The van der Waals surface area contributed by atoms with Crippen LogP contribution in [-0.2, 0) is 9.53 Å². The zero-order valence-corrected chi connectivity index (χ0v) is 11.1. The van der Waals surface area contributed by atoms with Crippen molar-refractivity contribution in [2.75, 3.05) is 13.7 Å². The largest absolute Gasteiger partial charge is 0.492 e. The van der Waals surface area contributed by atoms with E-state index in [1.54, 1.807) is 18.2 Å². The number of esters is 1. The zero-order chi connectivity index (χ0) is 12.7. The predicted octanol–water partition coefficient (Wildman–Crippen LogP) is 3.72. The Morgan fingerprint density at radius 3 is 2.71 bits per heavy atom. The topological polar surface area (TPSA) is 35.5 Å². The van der Waals surface area contributed by atoms with Crippen molar-refractivity contribution in [3.05, 3.63) is 28.2 Å². The highest BCUT2D eigenvalue weighted by Gasteiger charge is 2.03. The molecule has 0 N–H and O–H groups in total. The van der Waals surface area contributed by atoms with Crippen LogP contribution in [0, 0.1) is 0 Å². The van der Waals surface area contributed by atoms with Crippen molar-refractivity contribution in [1.82, 2.24) is 0 Å². The first-order valence-corrected chi connectivity index (χ1v) is 6.03. The number of rotatable bonds is 6. The molecule has 0 bridgehead atoms. The number of unbranched alkanes of at least 4 members (excludes halogenated alkanes) is 1. The lowest BCUT2D eigenvalue weighted by Crippen LogP contribution is -2.02. The van der Waals surface area contributed by atoms with Crippen LogP contribution in [0.25, 0.3) is 0 Å². The summed E-state index contributed by atoms with van der Waals surface area (Å²) >= 11 is 11.7. The molecule has 0 radical (unpaired) electrons. The Bertz CT molecular complexity index is 380. The molecular formula is C12H14Cl2O3. The molecule has 0 aliphatic rings. The van der Waals surface area contributed by atoms with Crippen LogP contribution in [0.3, 0.4) is 0 Å². The molecule has 1 aromatic rings. The van der Waals surface area contributed by atoms with E-state index in [1.165, 1.54) is 7.11 Å². The van der Waals surface area contributed by atoms with Crippen molar-refractivity contribution in [3.63, 3.8) is 0 Å². The van der Waals surface area contributed by atoms with Crippen LogP contribution in [0.4, 0.5) is 0 Å². The van der Waals surface area contributed by atoms with Crippen LogP contribution < -0.4 is 4.74 Å². The number of hydrogen-bond acceptors (Lipinski definition) is 3. The number of hydrogen-bond donors (Lipinski definition) is 0. The summed E-state index contributed by atoms with van der Waals surface area (Å²) < 4.78 is 10.00. The van der Waals surface area contributed by atoms with E-state index in [2.05, 4.69) is 4.74 Å². The average Bonchev–Trinajstić information content (AvgIpc) is 2.30. The first kappa shape index (κ1) is 14.1. The Morgan fingerprint density at radius 1 is 1.29 bits per heavy atom. The summed E-state index contributed by atoms with van der Waals surface area (Å²) in [7, 11) is 1.38. The summed E-state index contributed by atoms with van der Waals surface area (Å²) in [5.74, 6) is 0.406. The maximum absolute atomic E-state index is 10.8. The molecule has 1 rings (SSSR count). The third kappa shape index (κ3) is 5.29. The van der Waals surface area contributed by atoms with Gasteiger partial charge in [-0.25, -0.2) is 0 Å². The summed E-state index contributed by atoms with van der Waals surface area (Å²) in [6.45, 7) is 0.512. The molecule has 0 atom stereocenters. The lowest BCUT2D eigenvalue weighted by Gasteiger charge is -2.07. The molecule has 0 fully saturated rings. The van der Waals surface area contributed by atoms with Gasteiger partial charge in [0.1, 0.15) is 5.75 Å². The Balaban J connectivity index is 2.24. The van der Waals surface area contributed by atoms with E-state index in [0.717, 1.165) is 12.8 Å². The lowest BCUT2D eigenvalue weighted by atomic mass is 10.2. The molecule has 0 amide bonds. The molecule has 94 valence electrons. The van der Waals surface area contributed by atoms with Gasteiger partial charge in [0, 0.05) is 11.4 Å². The number of carbonyl (C=O) groups is 1. The average molecular weight is 277 g/mol. The van der Waals surface area contributed by atoms with E-state index in [1.807, 2.05) is 0 Å². The molecule has 0 saturated heterocycles. The number of ether oxygens (including phenoxy) is 2. The normalized spacial score (nSPS) is 10.1. The highest BCUT2D eigenvalue weighted by Crippen LogP contribution is 2.27. The molecule has 0 heterocycles. The minimum Gasteiger partial charge on any atom is -0.492 e. The molecule has 5 heteroatoms. The predicted molar refractivity (Wildman–Crippen MR) is 67.8 cm³/mol. The molecule has 0 spiro atoms. The van der Waals surface area contributed by atoms with Crippen LogP contribution in [-0.4, -0.2) is 19.7 Å². The Morgan fingerprint density at radius 2 is 2.06 bits per heavy atom. The first-order chi connectivity index (χ1) is 8.13. The van der Waals surface area contributed by atoms with E-state index in [4.69, 9.17) is 27.9 Å². The second-order valence-corrected chi connectivity index (χ2v) is 4.30. The highest BCUT2D eigenvalue weighted by atomic mass is 35.5. The number of carbonyl (C=O) groups excluding carboxylic acids is 1. The monoisotopic (exact) mass is 276 g/mol. The highest BCUT2D eigenvalue weighted by molar-refractivity contribution is 6.35. The van der Waals surface area contributed by atoms with Gasteiger partial charge in [-0.3, -0.25) is 4.79 Å². The fourth-order valence-corrected chi connectivity index (χ4v) is 1.71. The van der Waals surface area contributed by atoms with Gasteiger partial charge >= 0.3 is 5.97 Å². The summed E-state index contributed by atoms with van der Waals surface area (Å²) in [5.41, 5.74) is 0. The van der Waals surface area contributed by atoms with Crippen LogP contribution in [0.5, 0.6) is 5.75 Å². The number of halogens is 2. The maximum atomic E-state index is 10.8. The molecule has 17 heavy (non-hydrogen) atoms. The third-order valence-corrected chi connectivity index (χ3v) is 2.68. The van der Waals surface area contributed by atoms with E-state index >= 15 is 0 Å². The van der Waals surface area contributed by atoms with Gasteiger partial charge in [-0.2, -0.15) is 0 Å². The van der Waals surface area contributed by atoms with Gasteiger partial charge in [0.15, 0.2) is 0 Å². The Kier molecular flexibility index (Phi) is 6.16. The summed E-state index contributed by atoms with van der Waals surface area (Å²) in [5, 5.41) is 1.07. The van der Waals surface area contributed by atoms with E-state index < -0.39 is 0 Å². The second kappa shape index (κ2) is 7.41. The van der Waals surface area contributed by atoms with Gasteiger partial charge in [0.25, 0.3) is 0 Å². The van der Waals surface area contributed by atoms with Gasteiger partial charge in [-0.15, -0.1) is 0 Å². The van der Waals surface area contributed by atoms with Crippen molar-refractivity contribution in [2.24, 2.45) is 0 Å². The van der Waals surface area contributed by atoms with E-state index in [-0.39, 0.29) is 5.97 Å². The fraction of sp³-hybridized carbons (Fsp3) is 0.417. The molecular weight excluding hydrogens is 263 g/mol. The zero-order valence-electron chi connectivity index (χ0n) is 9.54. The molecule has 0 aliphatic heterocycles. The Labute approximate surface area is 111 Å². The summed E-state index contributed by atoms with van der Waals surface area (Å²) in [4.78, 5) is 10.8. The van der Waals surface area contributed by atoms with Gasteiger partial charge in [0.2, 0.25) is 0 Å². The Hall–Kier alpha value is -0.930. The standard InChI is InChI=1S/C12H14Cl2O3/c1-16-12(15)4-2-3-7-17-11-6-5-9(13)8-10(11)14/h5-6,8H,2-4,7H2,1H3. The van der Waals surface area contributed by atoms with Crippen molar-refractivity contribution >= 4 is 29.2 Å². The molecule has 0 aromatic heterocycles. The quantitative estimate of drug-likeness (QED) is 0.587. The molecule has 3 nitrogen and oxygen atoms in total. The maximum Gasteiger partial charge on any atom is 0.305 e. The molecule has 0 unspecified atom stereocenters. The summed E-state index contributed by atoms with van der Waals surface area (Å²) in [6, 6.07) is 5.08.